The molecule has 0 spiro atoms. The topological polar surface area (TPSA) is 80.4 Å². The zero-order valence-corrected chi connectivity index (χ0v) is 9.29. The Labute approximate surface area is 101 Å². The Kier molecular flexibility index (Phi) is 4.50. The quantitative estimate of drug-likeness (QED) is 0.395. The van der Waals surface area contributed by atoms with Crippen molar-refractivity contribution < 1.29 is 13.0 Å². The molecule has 1 rings (SSSR count). The average molecular weight is 213 g/mol. The first-order valence-corrected chi connectivity index (χ1v) is 4.28. The van der Waals surface area contributed by atoms with Gasteiger partial charge in [0.05, 0.1) is 5.69 Å². The number of rotatable bonds is 1. The Balaban J connectivity index is 0.00000121. The molecule has 0 fully saturated rings. The monoisotopic (exact) mass is 213 g/mol. The largest absolute Gasteiger partial charge is 0.398 e. The summed E-state index contributed by atoms with van der Waals surface area (Å²) in [6.07, 6.45) is 0. The molecule has 0 aromatic heterocycles. The third kappa shape index (κ3) is 2.91. The van der Waals surface area contributed by atoms with Crippen LogP contribution in [0.1, 0.15) is 0 Å². The first kappa shape index (κ1) is 12.2. The van der Waals surface area contributed by atoms with Gasteiger partial charge in [0.1, 0.15) is 4.90 Å². The minimum Gasteiger partial charge on any atom is -0.398 e. The molecule has 4 nitrogen and oxygen atoms in total. The van der Waals surface area contributed by atoms with Gasteiger partial charge in [-0.05, 0) is 12.1 Å². The van der Waals surface area contributed by atoms with E-state index in [1.54, 1.807) is 6.07 Å². The molecule has 0 bridgehead atoms. The summed E-state index contributed by atoms with van der Waals surface area (Å²) < 4.78 is 29.6. The number of hydrogen-bond acceptors (Lipinski definition) is 3. The van der Waals surface area contributed by atoms with Crippen molar-refractivity contribution in [2.75, 3.05) is 5.73 Å². The maximum Gasteiger partial charge on any atom is 0.296 e. The van der Waals surface area contributed by atoms with E-state index in [0.717, 1.165) is 0 Å². The van der Waals surface area contributed by atoms with Gasteiger partial charge in [-0.25, -0.2) is 0 Å². The SMILES string of the molecule is Nc1ccccc1S(=O)(=O)O.[Ca]. The molecule has 2 radical (unpaired) electrons. The van der Waals surface area contributed by atoms with E-state index in [1.165, 1.54) is 18.2 Å². The minimum atomic E-state index is -4.16. The van der Waals surface area contributed by atoms with Gasteiger partial charge in [-0.3, -0.25) is 4.55 Å². The molecule has 3 N–H and O–H groups in total. The van der Waals surface area contributed by atoms with Crippen molar-refractivity contribution in [1.29, 1.82) is 0 Å². The number of hydrogen-bond donors (Lipinski definition) is 2. The summed E-state index contributed by atoms with van der Waals surface area (Å²) >= 11 is 0. The van der Waals surface area contributed by atoms with Gasteiger partial charge in [0.25, 0.3) is 10.1 Å². The summed E-state index contributed by atoms with van der Waals surface area (Å²) in [6, 6.07) is 5.72. The summed E-state index contributed by atoms with van der Waals surface area (Å²) in [5, 5.41) is 0. The normalized spacial score (nSPS) is 10.4. The number of nitrogens with two attached hydrogens (primary N) is 1. The van der Waals surface area contributed by atoms with Crippen LogP contribution in [0, 0.1) is 0 Å². The predicted octanol–water partition coefficient (Wildman–Crippen LogP) is 0.135. The summed E-state index contributed by atoms with van der Waals surface area (Å²) in [5.74, 6) is 0. The number of benzene rings is 1. The molecule has 62 valence electrons. The zero-order chi connectivity index (χ0) is 8.48. The van der Waals surface area contributed by atoms with Crippen molar-refractivity contribution in [3.8, 4) is 0 Å². The fraction of sp³-hybridized carbons (Fsp3) is 0. The average Bonchev–Trinajstić information content (AvgIpc) is 1.86. The third-order valence-corrected chi connectivity index (χ3v) is 2.12. The second-order valence-electron chi connectivity index (χ2n) is 2.01. The molecule has 12 heavy (non-hydrogen) atoms. The van der Waals surface area contributed by atoms with Gasteiger partial charge in [0, 0.05) is 37.7 Å². The van der Waals surface area contributed by atoms with Crippen LogP contribution in [-0.4, -0.2) is 50.7 Å². The second-order valence-corrected chi connectivity index (χ2v) is 3.40. The molecule has 0 saturated heterocycles. The first-order chi connectivity index (χ1) is 5.02. The predicted molar refractivity (Wildman–Crippen MR) is 46.4 cm³/mol. The van der Waals surface area contributed by atoms with Crippen molar-refractivity contribution in [2.24, 2.45) is 0 Å². The zero-order valence-electron chi connectivity index (χ0n) is 6.27. The molecule has 0 aliphatic rings. The summed E-state index contributed by atoms with van der Waals surface area (Å²) in [5.41, 5.74) is 5.32. The molecule has 1 aromatic carbocycles. The smallest absolute Gasteiger partial charge is 0.296 e. The number of anilines is 1. The van der Waals surface area contributed by atoms with Gasteiger partial charge in [0.15, 0.2) is 0 Å². The Morgan fingerprint density at radius 3 is 2.08 bits per heavy atom. The van der Waals surface area contributed by atoms with E-state index in [9.17, 15) is 8.42 Å². The van der Waals surface area contributed by atoms with Gasteiger partial charge in [0.2, 0.25) is 0 Å². The van der Waals surface area contributed by atoms with E-state index in [1.807, 2.05) is 0 Å². The fourth-order valence-electron chi connectivity index (χ4n) is 0.715. The maximum atomic E-state index is 10.5. The van der Waals surface area contributed by atoms with E-state index in [2.05, 4.69) is 0 Å². The molecule has 0 amide bonds. The van der Waals surface area contributed by atoms with Crippen molar-refractivity contribution >= 4 is 53.5 Å². The molecular formula is C6H7CaNO3S. The van der Waals surface area contributed by atoms with Gasteiger partial charge in [-0.15, -0.1) is 0 Å². The fourth-order valence-corrected chi connectivity index (χ4v) is 1.33. The van der Waals surface area contributed by atoms with E-state index in [-0.39, 0.29) is 48.3 Å². The van der Waals surface area contributed by atoms with Crippen molar-refractivity contribution in [1.82, 2.24) is 0 Å². The molecular weight excluding hydrogens is 206 g/mol. The van der Waals surface area contributed by atoms with E-state index < -0.39 is 10.1 Å². The minimum absolute atomic E-state index is 0. The van der Waals surface area contributed by atoms with Crippen LogP contribution in [0.3, 0.4) is 0 Å². The summed E-state index contributed by atoms with van der Waals surface area (Å²) in [6.45, 7) is 0. The third-order valence-electron chi connectivity index (χ3n) is 1.20. The van der Waals surface area contributed by atoms with Crippen LogP contribution < -0.4 is 5.73 Å². The first-order valence-electron chi connectivity index (χ1n) is 2.84. The molecule has 6 heteroatoms. The van der Waals surface area contributed by atoms with Crippen LogP contribution >= 0.6 is 0 Å². The molecule has 0 atom stereocenters. The summed E-state index contributed by atoms with van der Waals surface area (Å²) in [7, 11) is -4.16. The van der Waals surface area contributed by atoms with Gasteiger partial charge >= 0.3 is 0 Å². The molecule has 1 aromatic rings. The standard InChI is InChI=1S/C6H7NO3S.Ca/c7-5-3-1-2-4-6(5)11(8,9)10;/h1-4H,7H2,(H,8,9,10);. The van der Waals surface area contributed by atoms with Crippen LogP contribution in [0.15, 0.2) is 29.2 Å². The molecule has 0 unspecified atom stereocenters. The molecule has 0 saturated carbocycles. The Morgan fingerprint density at radius 1 is 1.25 bits per heavy atom. The Morgan fingerprint density at radius 2 is 1.75 bits per heavy atom. The number of nitrogen functional groups attached to an aromatic ring is 1. The van der Waals surface area contributed by atoms with Crippen LogP contribution in [0.2, 0.25) is 0 Å². The van der Waals surface area contributed by atoms with Crippen LogP contribution in [0.4, 0.5) is 5.69 Å². The number of para-hydroxylation sites is 1. The van der Waals surface area contributed by atoms with Gasteiger partial charge in [-0.1, -0.05) is 12.1 Å². The van der Waals surface area contributed by atoms with Crippen LogP contribution in [0.5, 0.6) is 0 Å². The van der Waals surface area contributed by atoms with Gasteiger partial charge < -0.3 is 5.73 Å². The Hall–Kier alpha value is 0.190. The van der Waals surface area contributed by atoms with E-state index >= 15 is 0 Å². The Bertz CT molecular complexity index is 363. The van der Waals surface area contributed by atoms with E-state index in [0.29, 0.717) is 0 Å². The van der Waals surface area contributed by atoms with Crippen molar-refractivity contribution in [2.45, 2.75) is 4.90 Å². The van der Waals surface area contributed by atoms with Crippen molar-refractivity contribution in [3.05, 3.63) is 24.3 Å². The van der Waals surface area contributed by atoms with Gasteiger partial charge in [-0.2, -0.15) is 8.42 Å². The second kappa shape index (κ2) is 4.43. The maximum absolute atomic E-state index is 10.5. The van der Waals surface area contributed by atoms with Crippen molar-refractivity contribution in [3.63, 3.8) is 0 Å². The molecule has 0 aliphatic heterocycles. The van der Waals surface area contributed by atoms with E-state index in [4.69, 9.17) is 10.3 Å². The summed E-state index contributed by atoms with van der Waals surface area (Å²) in [4.78, 5) is -0.250. The molecule has 0 aliphatic carbocycles. The van der Waals surface area contributed by atoms with Crippen LogP contribution in [-0.2, 0) is 10.1 Å². The molecule has 0 heterocycles. The van der Waals surface area contributed by atoms with Crippen LogP contribution in [0.25, 0.3) is 0 Å².